The molecule has 0 radical (unpaired) electrons. The largest absolute Gasteiger partial charge is 0.463 e. The second-order valence-corrected chi connectivity index (χ2v) is 19.0. The van der Waals surface area contributed by atoms with Crippen LogP contribution in [0.3, 0.4) is 0 Å². The fourth-order valence-corrected chi connectivity index (χ4v) is 5.97. The number of nitrogens with one attached hydrogen (secondary N) is 8. The van der Waals surface area contributed by atoms with Crippen LogP contribution in [0.4, 0.5) is 28.8 Å². The number of rotatable bonds is 33. The second kappa shape index (κ2) is 37.5. The van der Waals surface area contributed by atoms with Gasteiger partial charge in [-0.3, -0.25) is 54.8 Å². The van der Waals surface area contributed by atoms with Crippen molar-refractivity contribution in [2.24, 2.45) is 16.9 Å². The summed E-state index contributed by atoms with van der Waals surface area (Å²) in [4.78, 5) is 155. The number of nitrogens with two attached hydrogens (primary N) is 2. The van der Waals surface area contributed by atoms with Crippen LogP contribution in [0.2, 0.25) is 0 Å². The third-order valence-corrected chi connectivity index (χ3v) is 9.34. The number of ether oxygens (including phenoxy) is 5. The Morgan fingerprint density at radius 3 is 1.12 bits per heavy atom. The summed E-state index contributed by atoms with van der Waals surface area (Å²) in [7, 11) is 0. The van der Waals surface area contributed by atoms with Gasteiger partial charge < -0.3 is 56.4 Å². The van der Waals surface area contributed by atoms with Crippen LogP contribution in [0.15, 0.2) is 0 Å². The SMILES string of the molecule is CC(C)(C)CC(=O)N[C@@H](COC(=O)CCCCCCCNC(=O)NC(=O)NC(=O)NCCCCCCCC(=O)OC[C@H](COC(=O)CCC(=O)NC(N)=O)NC(=O)OC(C)(C)C)COC(=O)CCC(=O)NC(N)=O. The zero-order valence-electron chi connectivity index (χ0n) is 43.4. The summed E-state index contributed by atoms with van der Waals surface area (Å²) in [5, 5.41) is 17.8. The van der Waals surface area contributed by atoms with E-state index in [-0.39, 0.29) is 89.2 Å². The van der Waals surface area contributed by atoms with Crippen molar-refractivity contribution in [3.63, 3.8) is 0 Å². The van der Waals surface area contributed by atoms with E-state index < -0.39 is 96.2 Å². The molecule has 0 aromatic rings. The number of esters is 4. The lowest BCUT2D eigenvalue weighted by molar-refractivity contribution is -0.150. The molecular weight excluding hydrogens is 981 g/mol. The predicted molar refractivity (Wildman–Crippen MR) is 261 cm³/mol. The Hall–Kier alpha value is -7.29. The average Bonchev–Trinajstić information content (AvgIpc) is 3.26. The fourth-order valence-electron chi connectivity index (χ4n) is 5.97. The highest BCUT2D eigenvalue weighted by Gasteiger charge is 2.24. The van der Waals surface area contributed by atoms with E-state index >= 15 is 0 Å². The van der Waals surface area contributed by atoms with Crippen molar-refractivity contribution >= 4 is 77.8 Å². The number of carbonyl (C=O) groups is 13. The van der Waals surface area contributed by atoms with Gasteiger partial charge in [0.1, 0.15) is 38.1 Å². The highest BCUT2D eigenvalue weighted by molar-refractivity contribution is 6.01. The third-order valence-electron chi connectivity index (χ3n) is 9.34. The number of unbranched alkanes of at least 4 members (excludes halogenated alkanes) is 8. The van der Waals surface area contributed by atoms with Gasteiger partial charge in [0.25, 0.3) is 0 Å². The van der Waals surface area contributed by atoms with Gasteiger partial charge >= 0.3 is 60.1 Å². The lowest BCUT2D eigenvalue weighted by Gasteiger charge is -2.23. The van der Waals surface area contributed by atoms with Gasteiger partial charge in [0.05, 0.1) is 18.9 Å². The first-order valence-electron chi connectivity index (χ1n) is 24.4. The van der Waals surface area contributed by atoms with Gasteiger partial charge in [-0.2, -0.15) is 0 Å². The fraction of sp³-hybridized carbons (Fsp3) is 0.717. The van der Waals surface area contributed by atoms with Gasteiger partial charge in [-0.1, -0.05) is 59.3 Å². The highest BCUT2D eigenvalue weighted by Crippen LogP contribution is 2.18. The lowest BCUT2D eigenvalue weighted by Crippen LogP contribution is -2.49. The Morgan fingerprint density at radius 1 is 0.405 bits per heavy atom. The summed E-state index contributed by atoms with van der Waals surface area (Å²) in [6, 6.07) is -6.59. The summed E-state index contributed by atoms with van der Waals surface area (Å²) in [5.74, 6) is -4.55. The molecule has 0 aromatic heterocycles. The minimum Gasteiger partial charge on any atom is -0.463 e. The molecule has 28 nitrogen and oxygen atoms in total. The maximum atomic E-state index is 12.5. The van der Waals surface area contributed by atoms with E-state index in [9.17, 15) is 62.3 Å². The lowest BCUT2D eigenvalue weighted by atomic mass is 9.92. The molecule has 0 fully saturated rings. The molecule has 0 heterocycles. The number of imide groups is 4. The topological polar surface area (TPSA) is 416 Å². The van der Waals surface area contributed by atoms with Crippen LogP contribution >= 0.6 is 0 Å². The number of carbonyl (C=O) groups excluding carboxylic acids is 13. The molecule has 0 saturated heterocycles. The Balaban J connectivity index is 4.30. The van der Waals surface area contributed by atoms with Crippen molar-refractivity contribution < 1.29 is 86.0 Å². The van der Waals surface area contributed by atoms with Crippen LogP contribution < -0.4 is 54.0 Å². The maximum absolute atomic E-state index is 12.5. The first-order valence-corrected chi connectivity index (χ1v) is 24.4. The Labute approximate surface area is 430 Å². The summed E-state index contributed by atoms with van der Waals surface area (Å²) in [5.41, 5.74) is 8.55. The quantitative estimate of drug-likeness (QED) is 0.0256. The molecule has 74 heavy (non-hydrogen) atoms. The van der Waals surface area contributed by atoms with Gasteiger partial charge in [-0.05, 0) is 51.9 Å². The van der Waals surface area contributed by atoms with Gasteiger partial charge in [-0.25, -0.2) is 28.8 Å². The summed E-state index contributed by atoms with van der Waals surface area (Å²) in [6.07, 6.45) is 4.28. The number of primary amides is 2. The average molecular weight is 1060 g/mol. The van der Waals surface area contributed by atoms with E-state index in [4.69, 9.17) is 35.2 Å². The molecule has 420 valence electrons. The first kappa shape index (κ1) is 66.7. The molecule has 0 aliphatic carbocycles. The van der Waals surface area contributed by atoms with E-state index in [1.165, 1.54) is 0 Å². The first-order chi connectivity index (χ1) is 34.6. The molecule has 2 atom stereocenters. The molecule has 14 amide bonds. The Bertz CT molecular complexity index is 1760. The van der Waals surface area contributed by atoms with Crippen molar-refractivity contribution in [3.05, 3.63) is 0 Å². The molecule has 0 aliphatic rings. The molecule has 0 spiro atoms. The van der Waals surface area contributed by atoms with Crippen molar-refractivity contribution in [2.75, 3.05) is 39.5 Å². The van der Waals surface area contributed by atoms with E-state index in [1.54, 1.807) is 20.8 Å². The van der Waals surface area contributed by atoms with Crippen LogP contribution in [0, 0.1) is 5.41 Å². The number of hydrogen-bond acceptors (Lipinski definition) is 18. The molecular formula is C46H78N10O18. The molecule has 0 bridgehead atoms. The van der Waals surface area contributed by atoms with Gasteiger partial charge in [0.15, 0.2) is 0 Å². The molecule has 0 saturated carbocycles. The van der Waals surface area contributed by atoms with Gasteiger partial charge in [-0.15, -0.1) is 0 Å². The molecule has 0 aromatic carbocycles. The number of alkyl carbamates (subject to hydrolysis) is 1. The van der Waals surface area contributed by atoms with Crippen LogP contribution in [0.1, 0.15) is 151 Å². The Morgan fingerprint density at radius 2 is 0.757 bits per heavy atom. The minimum absolute atomic E-state index is 0.0610. The monoisotopic (exact) mass is 1060 g/mol. The number of amides is 14. The van der Waals surface area contributed by atoms with Crippen molar-refractivity contribution in [1.82, 2.24) is 42.5 Å². The molecule has 28 heteroatoms. The van der Waals surface area contributed by atoms with E-state index in [1.807, 2.05) is 42.0 Å². The van der Waals surface area contributed by atoms with Gasteiger partial charge in [0.2, 0.25) is 17.7 Å². The number of urea groups is 5. The van der Waals surface area contributed by atoms with Crippen LogP contribution in [0.5, 0.6) is 0 Å². The van der Waals surface area contributed by atoms with Gasteiger partial charge in [0, 0.05) is 45.2 Å². The number of hydrogen-bond donors (Lipinski definition) is 10. The van der Waals surface area contributed by atoms with Crippen LogP contribution in [-0.4, -0.2) is 135 Å². The third kappa shape index (κ3) is 42.4. The van der Waals surface area contributed by atoms with Crippen LogP contribution in [-0.2, 0) is 57.2 Å². The van der Waals surface area contributed by atoms with Crippen molar-refractivity contribution in [3.8, 4) is 0 Å². The molecule has 12 N–H and O–H groups in total. The predicted octanol–water partition coefficient (Wildman–Crippen LogP) is 2.32. The van der Waals surface area contributed by atoms with Crippen LogP contribution in [0.25, 0.3) is 0 Å². The zero-order valence-corrected chi connectivity index (χ0v) is 43.4. The smallest absolute Gasteiger partial charge is 0.408 e. The van der Waals surface area contributed by atoms with E-state index in [2.05, 4.69) is 21.3 Å². The zero-order chi connectivity index (χ0) is 56.1. The summed E-state index contributed by atoms with van der Waals surface area (Å²) >= 11 is 0. The van der Waals surface area contributed by atoms with E-state index in [0.29, 0.717) is 57.8 Å². The normalized spacial score (nSPS) is 11.7. The Kier molecular flexibility index (Phi) is 33.8. The molecule has 0 rings (SSSR count). The maximum Gasteiger partial charge on any atom is 0.408 e. The molecule has 0 unspecified atom stereocenters. The van der Waals surface area contributed by atoms with E-state index in [0.717, 1.165) is 6.42 Å². The summed E-state index contributed by atoms with van der Waals surface area (Å²) < 4.78 is 26.0. The van der Waals surface area contributed by atoms with Crippen molar-refractivity contribution in [2.45, 2.75) is 168 Å². The highest BCUT2D eigenvalue weighted by atomic mass is 16.6. The standard InChI is InChI=1S/C46H78N10O18/c1-45(2,3)25-34(59)51-30(27-72-37(62)21-19-32(57)53-39(47)64)26-70-35(60)17-13-9-7-11-15-23-49-41(66)55-43(68)56-42(67)50-24-16-12-8-10-14-18-36(61)71-28-31(52-44(69)74-46(4,5)6)29-73-38(63)22-20-33(58)54-40(48)65/h30-31H,7-29H2,1-6H3,(H,51,59)(H,52,69)(H3,47,53,57,64)(H3,48,54,58,65)(H4,49,50,55,56,66,67,68)/t30-,31+/m0/s1. The molecule has 0 aliphatic heterocycles. The van der Waals surface area contributed by atoms with Crippen molar-refractivity contribution in [1.29, 1.82) is 0 Å². The second-order valence-electron chi connectivity index (χ2n) is 19.0. The summed E-state index contributed by atoms with van der Waals surface area (Å²) in [6.45, 7) is 9.67. The minimum atomic E-state index is -1.07.